The molecule has 0 aliphatic rings. The minimum atomic E-state index is -0.172. The van der Waals surface area contributed by atoms with Gasteiger partial charge in [0.1, 0.15) is 0 Å². The third kappa shape index (κ3) is 9.64. The topological polar surface area (TPSA) is 75.1 Å². The largest absolute Gasteiger partial charge is 0.354 e. The van der Waals surface area contributed by atoms with Gasteiger partial charge in [-0.3, -0.25) is 9.89 Å². The number of rotatable bonds is 17. The first-order valence-electron chi connectivity index (χ1n) is 14.7. The van der Waals surface area contributed by atoms with E-state index in [1.54, 1.807) is 4.52 Å². The maximum absolute atomic E-state index is 12.0. The summed E-state index contributed by atoms with van der Waals surface area (Å²) in [5.41, 5.74) is 2.72. The SMILES string of the molecule is CCCCCCCCCCCCCCCCNc1nc(-c2ccc(C(C)(C)C)cc2)nc2cc(=O)[nH]n12. The summed E-state index contributed by atoms with van der Waals surface area (Å²) >= 11 is 0. The van der Waals surface area contributed by atoms with Crippen LogP contribution in [0.25, 0.3) is 17.0 Å². The number of fused-ring (bicyclic) bond motifs is 1. The smallest absolute Gasteiger partial charge is 0.266 e. The molecular weight excluding hydrogens is 458 g/mol. The van der Waals surface area contributed by atoms with Crippen molar-refractivity contribution >= 4 is 11.6 Å². The maximum atomic E-state index is 12.0. The molecule has 0 atom stereocenters. The number of H-pyrrole nitrogens is 1. The van der Waals surface area contributed by atoms with Gasteiger partial charge in [-0.15, -0.1) is 0 Å². The average Bonchev–Trinajstić information content (AvgIpc) is 3.26. The lowest BCUT2D eigenvalue weighted by Crippen LogP contribution is -2.12. The molecule has 2 N–H and O–H groups in total. The second kappa shape index (κ2) is 14.9. The highest BCUT2D eigenvalue weighted by Gasteiger charge is 2.15. The Hall–Kier alpha value is -2.63. The number of unbranched alkanes of at least 4 members (excludes halogenated alkanes) is 13. The number of hydrogen-bond donors (Lipinski definition) is 2. The summed E-state index contributed by atoms with van der Waals surface area (Å²) in [6, 6.07) is 9.91. The van der Waals surface area contributed by atoms with E-state index in [0.29, 0.717) is 17.4 Å². The van der Waals surface area contributed by atoms with Gasteiger partial charge in [-0.25, -0.2) is 9.50 Å². The van der Waals surface area contributed by atoms with Gasteiger partial charge in [-0.05, 0) is 17.4 Å². The van der Waals surface area contributed by atoms with Crippen molar-refractivity contribution in [1.29, 1.82) is 0 Å². The van der Waals surface area contributed by atoms with E-state index in [1.807, 2.05) is 0 Å². The molecule has 0 amide bonds. The average molecular weight is 508 g/mol. The Kier molecular flexibility index (Phi) is 11.7. The summed E-state index contributed by atoms with van der Waals surface area (Å²) in [4.78, 5) is 21.4. The van der Waals surface area contributed by atoms with Crippen molar-refractivity contribution in [3.05, 3.63) is 46.2 Å². The third-order valence-corrected chi connectivity index (χ3v) is 7.18. The van der Waals surface area contributed by atoms with Crippen LogP contribution in [0.1, 0.15) is 123 Å². The Bertz CT molecular complexity index is 1110. The maximum Gasteiger partial charge on any atom is 0.266 e. The molecule has 6 heteroatoms. The van der Waals surface area contributed by atoms with Gasteiger partial charge in [0.15, 0.2) is 11.5 Å². The molecule has 0 saturated heterocycles. The number of aromatic amines is 1. The fourth-order valence-electron chi connectivity index (χ4n) is 4.80. The van der Waals surface area contributed by atoms with Crippen LogP contribution >= 0.6 is 0 Å². The summed E-state index contributed by atoms with van der Waals surface area (Å²) in [6.45, 7) is 9.72. The lowest BCUT2D eigenvalue weighted by Gasteiger charge is -2.19. The van der Waals surface area contributed by atoms with Gasteiger partial charge < -0.3 is 5.32 Å². The van der Waals surface area contributed by atoms with E-state index < -0.39 is 0 Å². The number of hydrogen-bond acceptors (Lipinski definition) is 4. The Morgan fingerprint density at radius 2 is 1.32 bits per heavy atom. The summed E-state index contributed by atoms with van der Waals surface area (Å²) in [5, 5.41) is 6.24. The van der Waals surface area contributed by atoms with Crippen LogP contribution in [-0.4, -0.2) is 26.1 Å². The van der Waals surface area contributed by atoms with Crippen molar-refractivity contribution in [2.24, 2.45) is 0 Å². The fourth-order valence-corrected chi connectivity index (χ4v) is 4.80. The van der Waals surface area contributed by atoms with Crippen molar-refractivity contribution in [2.45, 2.75) is 123 Å². The Balaban J connectivity index is 1.40. The van der Waals surface area contributed by atoms with Crippen molar-refractivity contribution in [3.8, 4) is 11.4 Å². The second-order valence-electron chi connectivity index (χ2n) is 11.5. The molecule has 204 valence electrons. The van der Waals surface area contributed by atoms with Crippen molar-refractivity contribution in [1.82, 2.24) is 19.6 Å². The molecule has 0 fully saturated rings. The number of nitrogens with zero attached hydrogens (tertiary/aromatic N) is 3. The van der Waals surface area contributed by atoms with Crippen LogP contribution in [0.2, 0.25) is 0 Å². The highest BCUT2D eigenvalue weighted by Crippen LogP contribution is 2.25. The monoisotopic (exact) mass is 507 g/mol. The number of nitrogens with one attached hydrogen (secondary N) is 2. The zero-order valence-electron chi connectivity index (χ0n) is 23.7. The lowest BCUT2D eigenvalue weighted by molar-refractivity contribution is 0.537. The predicted octanol–water partition coefficient (Wildman–Crippen LogP) is 8.28. The fraction of sp³-hybridized carbons (Fsp3) is 0.645. The standard InChI is InChI=1S/C31H49N5O/c1-5-6-7-8-9-10-11-12-13-14-15-16-17-18-23-32-30-34-29(33-27-24-28(37)35-36(27)30)25-19-21-26(22-20-25)31(2,3)4/h19-22,24H,5-18,23H2,1-4H3,(H,35,37)(H,32,33,34). The van der Waals surface area contributed by atoms with Gasteiger partial charge >= 0.3 is 0 Å². The summed E-state index contributed by atoms with van der Waals surface area (Å²) in [7, 11) is 0. The van der Waals surface area contributed by atoms with Crippen molar-refractivity contribution in [3.63, 3.8) is 0 Å². The molecule has 0 spiro atoms. The molecule has 1 aromatic carbocycles. The summed E-state index contributed by atoms with van der Waals surface area (Å²) < 4.78 is 1.65. The molecule has 2 aromatic heterocycles. The molecule has 0 unspecified atom stereocenters. The quantitative estimate of drug-likeness (QED) is 0.180. The molecule has 3 aromatic rings. The molecule has 0 bridgehead atoms. The lowest BCUT2D eigenvalue weighted by atomic mass is 9.87. The van der Waals surface area contributed by atoms with E-state index in [9.17, 15) is 4.79 Å². The van der Waals surface area contributed by atoms with Crippen LogP contribution in [0.4, 0.5) is 5.95 Å². The van der Waals surface area contributed by atoms with Gasteiger partial charge in [0.05, 0.1) is 0 Å². The highest BCUT2D eigenvalue weighted by atomic mass is 16.1. The first-order chi connectivity index (χ1) is 17.9. The molecular formula is C31H49N5O. The van der Waals surface area contributed by atoms with Crippen LogP contribution in [0.5, 0.6) is 0 Å². The normalized spacial score (nSPS) is 11.9. The third-order valence-electron chi connectivity index (χ3n) is 7.18. The van der Waals surface area contributed by atoms with E-state index >= 15 is 0 Å². The summed E-state index contributed by atoms with van der Waals surface area (Å²) in [5.74, 6) is 1.26. The summed E-state index contributed by atoms with van der Waals surface area (Å²) in [6.07, 6.45) is 18.9. The van der Waals surface area contributed by atoms with E-state index in [2.05, 4.69) is 67.4 Å². The first-order valence-corrected chi connectivity index (χ1v) is 14.7. The van der Waals surface area contributed by atoms with E-state index in [1.165, 1.54) is 95.1 Å². The Labute approximate surface area is 223 Å². The van der Waals surface area contributed by atoms with Crippen molar-refractivity contribution in [2.75, 3.05) is 11.9 Å². The van der Waals surface area contributed by atoms with E-state index in [-0.39, 0.29) is 11.0 Å². The molecule has 6 nitrogen and oxygen atoms in total. The Morgan fingerprint density at radius 1 is 0.784 bits per heavy atom. The molecule has 2 heterocycles. The van der Waals surface area contributed by atoms with Gasteiger partial charge in [-0.1, -0.05) is 135 Å². The van der Waals surface area contributed by atoms with Crippen LogP contribution in [0.15, 0.2) is 35.1 Å². The van der Waals surface area contributed by atoms with E-state index in [0.717, 1.165) is 18.5 Å². The highest BCUT2D eigenvalue weighted by molar-refractivity contribution is 5.60. The van der Waals surface area contributed by atoms with E-state index in [4.69, 9.17) is 4.98 Å². The second-order valence-corrected chi connectivity index (χ2v) is 11.5. The van der Waals surface area contributed by atoms with Crippen LogP contribution < -0.4 is 10.9 Å². The van der Waals surface area contributed by atoms with Gasteiger partial charge in [-0.2, -0.15) is 4.98 Å². The van der Waals surface area contributed by atoms with Gasteiger partial charge in [0.2, 0.25) is 5.95 Å². The first kappa shape index (κ1) is 28.9. The van der Waals surface area contributed by atoms with Gasteiger partial charge in [0.25, 0.3) is 5.56 Å². The van der Waals surface area contributed by atoms with Gasteiger partial charge in [0, 0.05) is 18.2 Å². The van der Waals surface area contributed by atoms with Crippen LogP contribution in [0.3, 0.4) is 0 Å². The van der Waals surface area contributed by atoms with Crippen molar-refractivity contribution < 1.29 is 0 Å². The van der Waals surface area contributed by atoms with Crippen LogP contribution in [-0.2, 0) is 5.41 Å². The molecule has 0 saturated carbocycles. The molecule has 0 radical (unpaired) electrons. The minimum Gasteiger partial charge on any atom is -0.354 e. The number of benzene rings is 1. The zero-order chi connectivity index (χ0) is 26.5. The predicted molar refractivity (Wildman–Crippen MR) is 157 cm³/mol. The Morgan fingerprint density at radius 3 is 1.86 bits per heavy atom. The molecule has 3 rings (SSSR count). The van der Waals surface area contributed by atoms with Crippen LogP contribution in [0, 0.1) is 0 Å². The minimum absolute atomic E-state index is 0.0948. The molecule has 0 aliphatic heterocycles. The zero-order valence-corrected chi connectivity index (χ0v) is 23.7. The number of anilines is 1. The number of aromatic nitrogens is 4. The molecule has 0 aliphatic carbocycles. The molecule has 37 heavy (non-hydrogen) atoms.